The van der Waals surface area contributed by atoms with E-state index >= 15 is 0 Å². The number of nitriles is 1. The maximum atomic E-state index is 8.65. The zero-order chi connectivity index (χ0) is 14.4. The third-order valence-electron chi connectivity index (χ3n) is 2.58. The summed E-state index contributed by atoms with van der Waals surface area (Å²) in [6.45, 7) is 2.76. The SMILES string of the molecule is CCNc1ncc(Br)c(Nc2ccc(CC#N)cc2)n1. The Kier molecular flexibility index (Phi) is 4.91. The van der Waals surface area contributed by atoms with Crippen LogP contribution in [0.3, 0.4) is 0 Å². The fraction of sp³-hybridized carbons (Fsp3) is 0.214. The van der Waals surface area contributed by atoms with Crippen molar-refractivity contribution in [3.8, 4) is 6.07 Å². The van der Waals surface area contributed by atoms with Crippen LogP contribution in [0.4, 0.5) is 17.5 Å². The van der Waals surface area contributed by atoms with E-state index in [-0.39, 0.29) is 0 Å². The molecule has 0 atom stereocenters. The van der Waals surface area contributed by atoms with Gasteiger partial charge in [-0.2, -0.15) is 10.2 Å². The Morgan fingerprint density at radius 2 is 2.05 bits per heavy atom. The van der Waals surface area contributed by atoms with E-state index in [1.54, 1.807) is 6.20 Å². The van der Waals surface area contributed by atoms with E-state index in [4.69, 9.17) is 5.26 Å². The first kappa shape index (κ1) is 14.3. The zero-order valence-corrected chi connectivity index (χ0v) is 12.6. The van der Waals surface area contributed by atoms with E-state index in [9.17, 15) is 0 Å². The number of anilines is 3. The molecule has 0 fully saturated rings. The van der Waals surface area contributed by atoms with E-state index < -0.39 is 0 Å². The van der Waals surface area contributed by atoms with Gasteiger partial charge in [-0.1, -0.05) is 12.1 Å². The average molecular weight is 332 g/mol. The fourth-order valence-corrected chi connectivity index (χ4v) is 1.92. The van der Waals surface area contributed by atoms with E-state index in [0.717, 1.165) is 22.3 Å². The third-order valence-corrected chi connectivity index (χ3v) is 3.16. The van der Waals surface area contributed by atoms with Crippen LogP contribution >= 0.6 is 15.9 Å². The third kappa shape index (κ3) is 3.68. The summed E-state index contributed by atoms with van der Waals surface area (Å²) in [5, 5.41) is 14.9. The minimum Gasteiger partial charge on any atom is -0.354 e. The number of hydrogen-bond donors (Lipinski definition) is 2. The highest BCUT2D eigenvalue weighted by molar-refractivity contribution is 9.10. The van der Waals surface area contributed by atoms with Gasteiger partial charge >= 0.3 is 0 Å². The molecule has 1 aromatic heterocycles. The lowest BCUT2D eigenvalue weighted by atomic mass is 10.1. The normalized spacial score (nSPS) is 9.85. The topological polar surface area (TPSA) is 73.6 Å². The maximum Gasteiger partial charge on any atom is 0.224 e. The number of nitrogens with one attached hydrogen (secondary N) is 2. The van der Waals surface area contributed by atoms with Crippen molar-refractivity contribution in [3.63, 3.8) is 0 Å². The zero-order valence-electron chi connectivity index (χ0n) is 11.0. The molecule has 0 bridgehead atoms. The van der Waals surface area contributed by atoms with E-state index in [1.807, 2.05) is 31.2 Å². The smallest absolute Gasteiger partial charge is 0.224 e. The monoisotopic (exact) mass is 331 g/mol. The molecule has 102 valence electrons. The molecule has 0 amide bonds. The Hall–Kier alpha value is -2.13. The molecule has 6 heteroatoms. The fourth-order valence-electron chi connectivity index (χ4n) is 1.63. The number of benzene rings is 1. The quantitative estimate of drug-likeness (QED) is 0.877. The van der Waals surface area contributed by atoms with Gasteiger partial charge in [-0.15, -0.1) is 0 Å². The van der Waals surface area contributed by atoms with Gasteiger partial charge in [-0.25, -0.2) is 4.98 Å². The van der Waals surface area contributed by atoms with Crippen molar-refractivity contribution < 1.29 is 0 Å². The highest BCUT2D eigenvalue weighted by Gasteiger charge is 2.05. The van der Waals surface area contributed by atoms with E-state index in [1.165, 1.54) is 0 Å². The van der Waals surface area contributed by atoms with Crippen molar-refractivity contribution in [2.24, 2.45) is 0 Å². The number of rotatable bonds is 5. The first-order chi connectivity index (χ1) is 9.72. The Morgan fingerprint density at radius 1 is 1.30 bits per heavy atom. The number of aromatic nitrogens is 2. The molecular formula is C14H14BrN5. The highest BCUT2D eigenvalue weighted by atomic mass is 79.9. The number of halogens is 1. The molecule has 0 unspecified atom stereocenters. The first-order valence-electron chi connectivity index (χ1n) is 6.22. The van der Waals surface area contributed by atoms with Crippen LogP contribution in [-0.2, 0) is 6.42 Å². The first-order valence-corrected chi connectivity index (χ1v) is 7.01. The van der Waals surface area contributed by atoms with Crippen molar-refractivity contribution in [1.29, 1.82) is 5.26 Å². The molecule has 0 aliphatic rings. The summed E-state index contributed by atoms with van der Waals surface area (Å²) in [7, 11) is 0. The van der Waals surface area contributed by atoms with Gasteiger partial charge in [0.25, 0.3) is 0 Å². The van der Waals surface area contributed by atoms with Crippen LogP contribution < -0.4 is 10.6 Å². The number of hydrogen-bond acceptors (Lipinski definition) is 5. The molecule has 2 rings (SSSR count). The average Bonchev–Trinajstić information content (AvgIpc) is 2.45. The molecule has 1 aromatic carbocycles. The summed E-state index contributed by atoms with van der Waals surface area (Å²) >= 11 is 3.42. The predicted octanol–water partition coefficient (Wildman–Crippen LogP) is 3.48. The Bertz CT molecular complexity index is 618. The summed E-state index contributed by atoms with van der Waals surface area (Å²) < 4.78 is 0.792. The van der Waals surface area contributed by atoms with Crippen molar-refractivity contribution in [2.75, 3.05) is 17.2 Å². The molecule has 0 saturated carbocycles. The van der Waals surface area contributed by atoms with Crippen molar-refractivity contribution in [3.05, 3.63) is 40.5 Å². The molecule has 0 aliphatic carbocycles. The summed E-state index contributed by atoms with van der Waals surface area (Å²) in [6, 6.07) is 9.82. The van der Waals surface area contributed by atoms with Gasteiger partial charge in [-0.05, 0) is 40.5 Å². The minimum absolute atomic E-state index is 0.419. The molecule has 5 nitrogen and oxygen atoms in total. The summed E-state index contributed by atoms with van der Waals surface area (Å²) in [6.07, 6.45) is 2.12. The lowest BCUT2D eigenvalue weighted by Crippen LogP contribution is -2.04. The number of nitrogens with zero attached hydrogens (tertiary/aromatic N) is 3. The lowest BCUT2D eigenvalue weighted by Gasteiger charge is -2.09. The molecule has 0 saturated heterocycles. The van der Waals surface area contributed by atoms with E-state index in [2.05, 4.69) is 42.6 Å². The molecule has 0 spiro atoms. The van der Waals surface area contributed by atoms with Crippen LogP contribution in [0.25, 0.3) is 0 Å². The summed E-state index contributed by atoms with van der Waals surface area (Å²) in [5.74, 6) is 1.28. The predicted molar refractivity (Wildman–Crippen MR) is 82.9 cm³/mol. The van der Waals surface area contributed by atoms with Gasteiger partial charge in [0, 0.05) is 18.4 Å². The van der Waals surface area contributed by atoms with Gasteiger partial charge in [0.15, 0.2) is 0 Å². The van der Waals surface area contributed by atoms with Crippen LogP contribution in [0.2, 0.25) is 0 Å². The Morgan fingerprint density at radius 3 is 2.70 bits per heavy atom. The Balaban J connectivity index is 2.16. The van der Waals surface area contributed by atoms with Gasteiger partial charge in [0.05, 0.1) is 17.0 Å². The molecular weight excluding hydrogens is 318 g/mol. The van der Waals surface area contributed by atoms with Crippen molar-refractivity contribution in [2.45, 2.75) is 13.3 Å². The molecule has 2 N–H and O–H groups in total. The largest absolute Gasteiger partial charge is 0.354 e. The molecule has 0 aliphatic heterocycles. The molecule has 20 heavy (non-hydrogen) atoms. The molecule has 1 heterocycles. The second-order valence-electron chi connectivity index (χ2n) is 4.08. The van der Waals surface area contributed by atoms with Crippen LogP contribution in [0.15, 0.2) is 34.9 Å². The highest BCUT2D eigenvalue weighted by Crippen LogP contribution is 2.24. The maximum absolute atomic E-state index is 8.65. The Labute approximate surface area is 126 Å². The molecule has 2 aromatic rings. The van der Waals surface area contributed by atoms with Gasteiger partial charge in [0.2, 0.25) is 5.95 Å². The second kappa shape index (κ2) is 6.87. The standard InChI is InChI=1S/C14H14BrN5/c1-2-17-14-18-9-12(15)13(20-14)19-11-5-3-10(4-6-11)7-8-16/h3-6,9H,2,7H2,1H3,(H2,17,18,19,20). The second-order valence-corrected chi connectivity index (χ2v) is 4.93. The van der Waals surface area contributed by atoms with Crippen LogP contribution in [-0.4, -0.2) is 16.5 Å². The van der Waals surface area contributed by atoms with Gasteiger partial charge in [0.1, 0.15) is 5.82 Å². The van der Waals surface area contributed by atoms with Crippen molar-refractivity contribution in [1.82, 2.24) is 9.97 Å². The summed E-state index contributed by atoms with van der Waals surface area (Å²) in [4.78, 5) is 8.55. The minimum atomic E-state index is 0.419. The lowest BCUT2D eigenvalue weighted by molar-refractivity contribution is 1.08. The van der Waals surface area contributed by atoms with Crippen LogP contribution in [0.1, 0.15) is 12.5 Å². The van der Waals surface area contributed by atoms with Crippen LogP contribution in [0.5, 0.6) is 0 Å². The van der Waals surface area contributed by atoms with Gasteiger partial charge < -0.3 is 10.6 Å². The van der Waals surface area contributed by atoms with Gasteiger partial charge in [-0.3, -0.25) is 0 Å². The van der Waals surface area contributed by atoms with Crippen molar-refractivity contribution >= 4 is 33.4 Å². The summed E-state index contributed by atoms with van der Waals surface area (Å²) in [5.41, 5.74) is 1.90. The van der Waals surface area contributed by atoms with E-state index in [0.29, 0.717) is 18.2 Å². The van der Waals surface area contributed by atoms with Crippen LogP contribution in [0, 0.1) is 11.3 Å². The molecule has 0 radical (unpaired) electrons.